The first kappa shape index (κ1) is 14.2. The van der Waals surface area contributed by atoms with Crippen LogP contribution in [-0.4, -0.2) is 11.1 Å². The van der Waals surface area contributed by atoms with Crippen molar-refractivity contribution in [3.63, 3.8) is 0 Å². The second kappa shape index (κ2) is 6.31. The van der Waals surface area contributed by atoms with Gasteiger partial charge >= 0.3 is 0 Å². The van der Waals surface area contributed by atoms with Crippen LogP contribution in [0.3, 0.4) is 0 Å². The zero-order valence-electron chi connectivity index (χ0n) is 11.1. The van der Waals surface area contributed by atoms with E-state index in [0.717, 1.165) is 23.1 Å². The summed E-state index contributed by atoms with van der Waals surface area (Å²) < 4.78 is 13.4. The molecule has 0 aromatic heterocycles. The first-order valence-electron chi connectivity index (χ1n) is 6.81. The highest BCUT2D eigenvalue weighted by Crippen LogP contribution is 2.44. The van der Waals surface area contributed by atoms with E-state index in [0.29, 0.717) is 11.8 Å². The second-order valence-corrected chi connectivity index (χ2v) is 6.90. The largest absolute Gasteiger partial charge is 0.207 e. The lowest BCUT2D eigenvalue weighted by Gasteiger charge is -2.19. The Morgan fingerprint density at radius 3 is 2.85 bits per heavy atom. The van der Waals surface area contributed by atoms with Crippen molar-refractivity contribution in [2.24, 2.45) is 0 Å². The summed E-state index contributed by atoms with van der Waals surface area (Å²) in [5.74, 6) is 1.93. The summed E-state index contributed by atoms with van der Waals surface area (Å²) in [7, 11) is 0. The average molecular weight is 351 g/mol. The molecule has 2 aromatic carbocycles. The first-order valence-corrected chi connectivity index (χ1v) is 8.92. The summed E-state index contributed by atoms with van der Waals surface area (Å²) in [6.07, 6.45) is 1.07. The standard InChI is InChI=1S/C17H16BrFS/c18-10-13(12-4-3-5-15(19)9-12)8-14-11-20-17-7-2-1-6-16(14)17/h1-7,9,13-14H,8,10-11H2. The lowest BCUT2D eigenvalue weighted by Crippen LogP contribution is -2.08. The van der Waals surface area contributed by atoms with Gasteiger partial charge in [-0.3, -0.25) is 0 Å². The van der Waals surface area contributed by atoms with Gasteiger partial charge in [0.1, 0.15) is 5.82 Å². The number of halogens is 2. The lowest BCUT2D eigenvalue weighted by atomic mass is 9.87. The van der Waals surface area contributed by atoms with Crippen molar-refractivity contribution < 1.29 is 4.39 Å². The highest BCUT2D eigenvalue weighted by Gasteiger charge is 2.26. The predicted octanol–water partition coefficient (Wildman–Crippen LogP) is 5.58. The van der Waals surface area contributed by atoms with Gasteiger partial charge in [-0.2, -0.15) is 0 Å². The number of thioether (sulfide) groups is 1. The maximum Gasteiger partial charge on any atom is 0.123 e. The smallest absolute Gasteiger partial charge is 0.123 e. The van der Waals surface area contributed by atoms with E-state index in [4.69, 9.17) is 0 Å². The Hall–Kier alpha value is -0.800. The van der Waals surface area contributed by atoms with Gasteiger partial charge in [0.2, 0.25) is 0 Å². The van der Waals surface area contributed by atoms with Crippen LogP contribution < -0.4 is 0 Å². The second-order valence-electron chi connectivity index (χ2n) is 5.19. The normalized spacial score (nSPS) is 18.8. The molecule has 104 valence electrons. The van der Waals surface area contributed by atoms with Crippen LogP contribution in [0.5, 0.6) is 0 Å². The summed E-state index contributed by atoms with van der Waals surface area (Å²) in [5, 5.41) is 0.875. The molecule has 0 spiro atoms. The highest BCUT2D eigenvalue weighted by atomic mass is 79.9. The zero-order valence-corrected chi connectivity index (χ0v) is 13.5. The van der Waals surface area contributed by atoms with Crippen LogP contribution in [0.15, 0.2) is 53.4 Å². The van der Waals surface area contributed by atoms with Gasteiger partial charge in [-0.15, -0.1) is 11.8 Å². The molecule has 0 bridgehead atoms. The molecule has 0 N–H and O–H groups in total. The van der Waals surface area contributed by atoms with Crippen LogP contribution in [0.1, 0.15) is 29.4 Å². The number of rotatable bonds is 4. The molecule has 0 fully saturated rings. The summed E-state index contributed by atoms with van der Waals surface area (Å²) >= 11 is 5.53. The third-order valence-corrected chi connectivity index (χ3v) is 5.91. The van der Waals surface area contributed by atoms with Crippen molar-refractivity contribution in [2.45, 2.75) is 23.2 Å². The third kappa shape index (κ3) is 2.94. The number of hydrogen-bond acceptors (Lipinski definition) is 1. The van der Waals surface area contributed by atoms with Gasteiger partial charge in [0, 0.05) is 16.0 Å². The van der Waals surface area contributed by atoms with E-state index >= 15 is 0 Å². The minimum absolute atomic E-state index is 0.144. The monoisotopic (exact) mass is 350 g/mol. The molecular weight excluding hydrogens is 335 g/mol. The average Bonchev–Trinajstić information content (AvgIpc) is 2.88. The Morgan fingerprint density at radius 1 is 1.20 bits per heavy atom. The SMILES string of the molecule is Fc1cccc(C(CBr)CC2CSc3ccccc32)c1. The predicted molar refractivity (Wildman–Crippen MR) is 87.5 cm³/mol. The Labute approximate surface area is 131 Å². The Bertz CT molecular complexity index is 599. The highest BCUT2D eigenvalue weighted by molar-refractivity contribution is 9.09. The van der Waals surface area contributed by atoms with Crippen LogP contribution in [0.4, 0.5) is 4.39 Å². The molecule has 2 unspecified atom stereocenters. The first-order chi connectivity index (χ1) is 9.78. The van der Waals surface area contributed by atoms with Crippen LogP contribution in [0.2, 0.25) is 0 Å². The number of alkyl halides is 1. The minimum Gasteiger partial charge on any atom is -0.207 e. The summed E-state index contributed by atoms with van der Waals surface area (Å²) in [6, 6.07) is 15.7. The lowest BCUT2D eigenvalue weighted by molar-refractivity contribution is 0.593. The molecule has 0 radical (unpaired) electrons. The van der Waals surface area contributed by atoms with Crippen molar-refractivity contribution in [3.05, 3.63) is 65.5 Å². The van der Waals surface area contributed by atoms with Crippen molar-refractivity contribution >= 4 is 27.7 Å². The summed E-state index contributed by atoms with van der Waals surface area (Å²) in [4.78, 5) is 1.41. The fourth-order valence-electron chi connectivity index (χ4n) is 2.82. The Kier molecular flexibility index (Phi) is 4.47. The van der Waals surface area contributed by atoms with Crippen molar-refractivity contribution in [1.82, 2.24) is 0 Å². The summed E-state index contributed by atoms with van der Waals surface area (Å²) in [6.45, 7) is 0. The molecule has 20 heavy (non-hydrogen) atoms. The number of hydrogen-bond donors (Lipinski definition) is 0. The van der Waals surface area contributed by atoms with E-state index < -0.39 is 0 Å². The van der Waals surface area contributed by atoms with Gasteiger partial charge in [-0.1, -0.05) is 46.3 Å². The van der Waals surface area contributed by atoms with E-state index in [1.54, 1.807) is 12.1 Å². The molecule has 0 saturated heterocycles. The molecule has 2 aromatic rings. The fourth-order valence-corrected chi connectivity index (χ4v) is 4.73. The van der Waals surface area contributed by atoms with E-state index in [2.05, 4.69) is 40.2 Å². The molecule has 1 aliphatic rings. The van der Waals surface area contributed by atoms with Gasteiger partial charge < -0.3 is 0 Å². The molecule has 3 rings (SSSR count). The van der Waals surface area contributed by atoms with Crippen LogP contribution in [0, 0.1) is 5.82 Å². The third-order valence-electron chi connectivity index (χ3n) is 3.87. The number of benzene rings is 2. The zero-order chi connectivity index (χ0) is 13.9. The maximum atomic E-state index is 13.4. The van der Waals surface area contributed by atoms with Crippen LogP contribution in [-0.2, 0) is 0 Å². The molecule has 3 heteroatoms. The van der Waals surface area contributed by atoms with Gasteiger partial charge in [0.05, 0.1) is 0 Å². The minimum atomic E-state index is -0.144. The van der Waals surface area contributed by atoms with E-state index in [9.17, 15) is 4.39 Å². The van der Waals surface area contributed by atoms with Crippen LogP contribution >= 0.6 is 27.7 Å². The van der Waals surface area contributed by atoms with E-state index in [1.807, 2.05) is 17.8 Å². The molecule has 0 amide bonds. The van der Waals surface area contributed by atoms with Gasteiger partial charge in [-0.25, -0.2) is 4.39 Å². The van der Waals surface area contributed by atoms with E-state index in [-0.39, 0.29) is 5.82 Å². The fraction of sp³-hybridized carbons (Fsp3) is 0.294. The van der Waals surface area contributed by atoms with E-state index in [1.165, 1.54) is 16.5 Å². The Balaban J connectivity index is 1.80. The van der Waals surface area contributed by atoms with Crippen molar-refractivity contribution in [2.75, 3.05) is 11.1 Å². The van der Waals surface area contributed by atoms with Gasteiger partial charge in [0.25, 0.3) is 0 Å². The van der Waals surface area contributed by atoms with Crippen molar-refractivity contribution in [1.29, 1.82) is 0 Å². The molecule has 1 heterocycles. The molecule has 0 nitrogen and oxygen atoms in total. The molecule has 2 atom stereocenters. The van der Waals surface area contributed by atoms with Gasteiger partial charge in [-0.05, 0) is 47.6 Å². The molecular formula is C17H16BrFS. The molecule has 0 saturated carbocycles. The van der Waals surface area contributed by atoms with Crippen LogP contribution in [0.25, 0.3) is 0 Å². The molecule has 0 aliphatic carbocycles. The topological polar surface area (TPSA) is 0 Å². The quantitative estimate of drug-likeness (QED) is 0.648. The van der Waals surface area contributed by atoms with Crippen molar-refractivity contribution in [3.8, 4) is 0 Å². The number of fused-ring (bicyclic) bond motifs is 1. The summed E-state index contributed by atoms with van der Waals surface area (Å²) in [5.41, 5.74) is 2.55. The maximum absolute atomic E-state index is 13.4. The van der Waals surface area contributed by atoms with Gasteiger partial charge in [0.15, 0.2) is 0 Å². The molecule has 1 aliphatic heterocycles. The Morgan fingerprint density at radius 2 is 2.05 bits per heavy atom.